The van der Waals surface area contributed by atoms with Crippen LogP contribution >= 0.6 is 11.6 Å². The van der Waals surface area contributed by atoms with Gasteiger partial charge in [-0.25, -0.2) is 4.79 Å². The monoisotopic (exact) mass is 343 g/mol. The zero-order valence-corrected chi connectivity index (χ0v) is 13.6. The number of ether oxygens (including phenoxy) is 2. The van der Waals surface area contributed by atoms with Crippen molar-refractivity contribution in [1.82, 2.24) is 0 Å². The first-order chi connectivity index (χ1) is 11.5. The Morgan fingerprint density at radius 3 is 2.67 bits per heavy atom. The molecule has 2 aromatic rings. The summed E-state index contributed by atoms with van der Waals surface area (Å²) in [6.07, 6.45) is 1.27. The molecule has 0 heterocycles. The quantitative estimate of drug-likeness (QED) is 0.635. The summed E-state index contributed by atoms with van der Waals surface area (Å²) in [4.78, 5) is 10.9. The maximum absolute atomic E-state index is 10.9. The van der Waals surface area contributed by atoms with Crippen molar-refractivity contribution in [2.45, 2.75) is 6.61 Å². The average molecular weight is 344 g/mol. The molecule has 0 unspecified atom stereocenters. The molecular weight excluding hydrogens is 330 g/mol. The molecule has 5 nitrogen and oxygen atoms in total. The Kier molecular flexibility index (Phi) is 5.83. The summed E-state index contributed by atoms with van der Waals surface area (Å²) < 4.78 is 11.0. The van der Waals surface area contributed by atoms with E-state index < -0.39 is 5.97 Å². The lowest BCUT2D eigenvalue weighted by atomic mass is 10.1. The number of rotatable bonds is 6. The van der Waals surface area contributed by atoms with E-state index in [1.54, 1.807) is 30.3 Å². The number of nitriles is 1. The van der Waals surface area contributed by atoms with Crippen LogP contribution in [0, 0.1) is 11.3 Å². The van der Waals surface area contributed by atoms with Gasteiger partial charge in [0.25, 0.3) is 0 Å². The van der Waals surface area contributed by atoms with Gasteiger partial charge in [0.1, 0.15) is 18.2 Å². The minimum atomic E-state index is -1.28. The van der Waals surface area contributed by atoms with Crippen molar-refractivity contribution in [2.75, 3.05) is 7.11 Å². The fraction of sp³-hybridized carbons (Fsp3) is 0.111. The second-order valence-electron chi connectivity index (χ2n) is 4.77. The predicted octanol–water partition coefficient (Wildman–Crippen LogP) is 3.92. The first-order valence-electron chi connectivity index (χ1n) is 6.94. The Labute approximate surface area is 144 Å². The number of nitrogens with zero attached hydrogens (tertiary/aromatic N) is 1. The summed E-state index contributed by atoms with van der Waals surface area (Å²) >= 11 is 6.09. The van der Waals surface area contributed by atoms with E-state index in [1.807, 2.05) is 18.2 Å². The number of hydrogen-bond acceptors (Lipinski definition) is 4. The molecule has 0 bridgehead atoms. The molecule has 0 aromatic heterocycles. The highest BCUT2D eigenvalue weighted by Crippen LogP contribution is 2.30. The molecule has 0 aliphatic rings. The Bertz CT molecular complexity index is 824. The summed E-state index contributed by atoms with van der Waals surface area (Å²) in [5.41, 5.74) is 1.00. The molecule has 0 radical (unpaired) electrons. The standard InChI is InChI=1S/C18H14ClNO4/c1-23-17-9-12(8-14(10-20)18(21)22)6-7-16(17)24-11-13-4-2-3-5-15(13)19/h2-9H,11H2,1H3,(H,21,22). The van der Waals surface area contributed by atoms with Gasteiger partial charge in [-0.3, -0.25) is 0 Å². The van der Waals surface area contributed by atoms with Gasteiger partial charge in [0, 0.05) is 10.6 Å². The van der Waals surface area contributed by atoms with Gasteiger partial charge in [0.2, 0.25) is 0 Å². The minimum absolute atomic E-state index is 0.268. The lowest BCUT2D eigenvalue weighted by Crippen LogP contribution is -1.99. The van der Waals surface area contributed by atoms with E-state index >= 15 is 0 Å². The normalized spacial score (nSPS) is 10.8. The first-order valence-corrected chi connectivity index (χ1v) is 7.32. The van der Waals surface area contributed by atoms with E-state index in [0.717, 1.165) is 5.56 Å². The third-order valence-corrected chi connectivity index (χ3v) is 3.56. The third kappa shape index (κ3) is 4.28. The van der Waals surface area contributed by atoms with Crippen molar-refractivity contribution in [3.63, 3.8) is 0 Å². The average Bonchev–Trinajstić information content (AvgIpc) is 2.59. The Balaban J connectivity index is 2.22. The van der Waals surface area contributed by atoms with Gasteiger partial charge in [0.15, 0.2) is 11.5 Å². The van der Waals surface area contributed by atoms with Gasteiger partial charge >= 0.3 is 5.97 Å². The van der Waals surface area contributed by atoms with Crippen LogP contribution in [-0.4, -0.2) is 18.2 Å². The molecule has 2 rings (SSSR count). The van der Waals surface area contributed by atoms with E-state index in [4.69, 9.17) is 31.4 Å². The molecule has 0 amide bonds. The van der Waals surface area contributed by atoms with Gasteiger partial charge in [-0.15, -0.1) is 0 Å². The molecule has 0 spiro atoms. The summed E-state index contributed by atoms with van der Waals surface area (Å²) in [5.74, 6) is -0.364. The largest absolute Gasteiger partial charge is 0.493 e. The molecule has 122 valence electrons. The summed E-state index contributed by atoms with van der Waals surface area (Å²) in [7, 11) is 1.48. The van der Waals surface area contributed by atoms with Crippen molar-refractivity contribution < 1.29 is 19.4 Å². The number of hydrogen-bond donors (Lipinski definition) is 1. The summed E-state index contributed by atoms with van der Waals surface area (Å²) in [5, 5.41) is 18.3. The van der Waals surface area contributed by atoms with E-state index in [9.17, 15) is 4.79 Å². The number of benzene rings is 2. The van der Waals surface area contributed by atoms with Gasteiger partial charge < -0.3 is 14.6 Å². The number of carbonyl (C=O) groups is 1. The molecule has 0 saturated heterocycles. The molecule has 6 heteroatoms. The van der Waals surface area contributed by atoms with E-state index in [-0.39, 0.29) is 12.2 Å². The zero-order valence-electron chi connectivity index (χ0n) is 12.8. The first kappa shape index (κ1) is 17.4. The minimum Gasteiger partial charge on any atom is -0.493 e. The second-order valence-corrected chi connectivity index (χ2v) is 5.17. The number of methoxy groups -OCH3 is 1. The molecule has 2 aromatic carbocycles. The fourth-order valence-corrected chi connectivity index (χ4v) is 2.16. The highest BCUT2D eigenvalue weighted by Gasteiger charge is 2.10. The number of carboxylic acid groups (broad SMARTS) is 1. The Hall–Kier alpha value is -2.97. The third-order valence-electron chi connectivity index (χ3n) is 3.19. The fourth-order valence-electron chi connectivity index (χ4n) is 1.97. The van der Waals surface area contributed by atoms with Crippen molar-refractivity contribution in [1.29, 1.82) is 5.26 Å². The van der Waals surface area contributed by atoms with Crippen LogP contribution in [0.15, 0.2) is 48.0 Å². The highest BCUT2D eigenvalue weighted by molar-refractivity contribution is 6.31. The van der Waals surface area contributed by atoms with Crippen LogP contribution in [-0.2, 0) is 11.4 Å². The van der Waals surface area contributed by atoms with Gasteiger partial charge in [-0.05, 0) is 29.8 Å². The van der Waals surface area contributed by atoms with Crippen molar-refractivity contribution in [3.8, 4) is 17.6 Å². The van der Waals surface area contributed by atoms with Crippen LogP contribution in [0.2, 0.25) is 5.02 Å². The maximum atomic E-state index is 10.9. The van der Waals surface area contributed by atoms with E-state index in [2.05, 4.69) is 0 Å². The van der Waals surface area contributed by atoms with Crippen LogP contribution in [0.1, 0.15) is 11.1 Å². The molecule has 1 N–H and O–H groups in total. The van der Waals surface area contributed by atoms with Crippen LogP contribution in [0.3, 0.4) is 0 Å². The van der Waals surface area contributed by atoms with E-state index in [1.165, 1.54) is 13.2 Å². The molecule has 0 saturated carbocycles. The van der Waals surface area contributed by atoms with Crippen LogP contribution < -0.4 is 9.47 Å². The summed E-state index contributed by atoms with van der Waals surface area (Å²) in [6, 6.07) is 13.9. The van der Waals surface area contributed by atoms with Gasteiger partial charge in [0.05, 0.1) is 7.11 Å². The lowest BCUT2D eigenvalue weighted by Gasteiger charge is -2.12. The number of aliphatic carboxylic acids is 1. The lowest BCUT2D eigenvalue weighted by molar-refractivity contribution is -0.132. The van der Waals surface area contributed by atoms with Crippen molar-refractivity contribution in [2.24, 2.45) is 0 Å². The molecule has 0 fully saturated rings. The molecule has 0 aliphatic carbocycles. The maximum Gasteiger partial charge on any atom is 0.346 e. The predicted molar refractivity (Wildman–Crippen MR) is 90.0 cm³/mol. The van der Waals surface area contributed by atoms with Crippen LogP contribution in [0.25, 0.3) is 6.08 Å². The molecule has 24 heavy (non-hydrogen) atoms. The Morgan fingerprint density at radius 1 is 1.29 bits per heavy atom. The molecule has 0 aliphatic heterocycles. The van der Waals surface area contributed by atoms with Crippen LogP contribution in [0.4, 0.5) is 0 Å². The summed E-state index contributed by atoms with van der Waals surface area (Å²) in [6.45, 7) is 0.268. The number of carboxylic acids is 1. The molecular formula is C18H14ClNO4. The second kappa shape index (κ2) is 8.04. The van der Waals surface area contributed by atoms with Gasteiger partial charge in [-0.1, -0.05) is 35.9 Å². The Morgan fingerprint density at radius 2 is 2.04 bits per heavy atom. The van der Waals surface area contributed by atoms with Crippen molar-refractivity contribution in [3.05, 3.63) is 64.2 Å². The molecule has 0 atom stereocenters. The zero-order chi connectivity index (χ0) is 17.5. The highest BCUT2D eigenvalue weighted by atomic mass is 35.5. The smallest absolute Gasteiger partial charge is 0.346 e. The van der Waals surface area contributed by atoms with Crippen molar-refractivity contribution >= 4 is 23.6 Å². The van der Waals surface area contributed by atoms with E-state index in [0.29, 0.717) is 22.1 Å². The van der Waals surface area contributed by atoms with Crippen LogP contribution in [0.5, 0.6) is 11.5 Å². The SMILES string of the molecule is COc1cc(C=C(C#N)C(=O)O)ccc1OCc1ccccc1Cl. The number of halogens is 1. The topological polar surface area (TPSA) is 79.5 Å². The van der Waals surface area contributed by atoms with Gasteiger partial charge in [-0.2, -0.15) is 5.26 Å².